The monoisotopic (exact) mass is 274 g/mol. The van der Waals surface area contributed by atoms with Crippen molar-refractivity contribution in [3.8, 4) is 12.1 Å². The van der Waals surface area contributed by atoms with E-state index >= 15 is 0 Å². The summed E-state index contributed by atoms with van der Waals surface area (Å²) < 4.78 is 9.51. The molecule has 2 bridgehead atoms. The second kappa shape index (κ2) is 5.34. The molecule has 1 fully saturated rings. The Kier molecular flexibility index (Phi) is 3.76. The van der Waals surface area contributed by atoms with Gasteiger partial charge in [0.1, 0.15) is 0 Å². The number of carbonyl (C=O) groups excluding carboxylic acids is 2. The number of nitrogens with zero attached hydrogens (tertiary/aromatic N) is 2. The van der Waals surface area contributed by atoms with E-state index in [2.05, 4.69) is 12.1 Å². The Bertz CT molecular complexity index is 494. The molecule has 3 aliphatic carbocycles. The standard InChI is InChI=1S/C14H14N2O4/c1-19-13(17)11-7-3-4-8(12(11)14(18)20-2)10(6-16)9(7)5-15/h3-4,7-12H,1-2H3/t7-,8+,9+,10-,11+,12-. The summed E-state index contributed by atoms with van der Waals surface area (Å²) in [7, 11) is 2.48. The van der Waals surface area contributed by atoms with Crippen molar-refractivity contribution in [2.24, 2.45) is 35.5 Å². The Labute approximate surface area is 116 Å². The van der Waals surface area contributed by atoms with Gasteiger partial charge in [-0.25, -0.2) is 0 Å². The molecule has 0 aliphatic heterocycles. The van der Waals surface area contributed by atoms with Crippen LogP contribution >= 0.6 is 0 Å². The van der Waals surface area contributed by atoms with E-state index in [0.717, 1.165) is 0 Å². The second-order valence-electron chi connectivity index (χ2n) is 4.95. The van der Waals surface area contributed by atoms with Crippen LogP contribution in [0.4, 0.5) is 0 Å². The number of esters is 2. The third kappa shape index (κ3) is 1.85. The van der Waals surface area contributed by atoms with Gasteiger partial charge in [-0.05, 0) is 0 Å². The third-order valence-corrected chi connectivity index (χ3v) is 4.23. The van der Waals surface area contributed by atoms with E-state index in [1.165, 1.54) is 14.2 Å². The highest BCUT2D eigenvalue weighted by Crippen LogP contribution is 2.51. The number of hydrogen-bond donors (Lipinski definition) is 0. The lowest BCUT2D eigenvalue weighted by Gasteiger charge is -2.46. The zero-order valence-corrected chi connectivity index (χ0v) is 11.1. The Morgan fingerprint density at radius 1 is 0.900 bits per heavy atom. The minimum atomic E-state index is -0.767. The highest BCUT2D eigenvalue weighted by molar-refractivity contribution is 5.84. The molecule has 6 heteroatoms. The van der Waals surface area contributed by atoms with Crippen LogP contribution in [-0.2, 0) is 19.1 Å². The van der Waals surface area contributed by atoms with Crippen LogP contribution < -0.4 is 0 Å². The van der Waals surface area contributed by atoms with Crippen molar-refractivity contribution >= 4 is 11.9 Å². The number of nitriles is 2. The van der Waals surface area contributed by atoms with Gasteiger partial charge in [0.15, 0.2) is 0 Å². The van der Waals surface area contributed by atoms with Gasteiger partial charge in [-0.3, -0.25) is 9.59 Å². The summed E-state index contributed by atoms with van der Waals surface area (Å²) in [6.45, 7) is 0. The second-order valence-corrected chi connectivity index (χ2v) is 4.95. The first-order valence-corrected chi connectivity index (χ1v) is 6.23. The summed E-state index contributed by atoms with van der Waals surface area (Å²) in [6, 6.07) is 4.18. The first-order valence-electron chi connectivity index (χ1n) is 6.23. The van der Waals surface area contributed by atoms with E-state index < -0.39 is 47.4 Å². The fraction of sp³-hybridized carbons (Fsp3) is 0.571. The van der Waals surface area contributed by atoms with Crippen molar-refractivity contribution in [1.82, 2.24) is 0 Å². The van der Waals surface area contributed by atoms with E-state index in [4.69, 9.17) is 9.47 Å². The zero-order chi connectivity index (χ0) is 14.9. The fourth-order valence-electron chi connectivity index (χ4n) is 3.35. The molecule has 0 unspecified atom stereocenters. The van der Waals surface area contributed by atoms with Crippen LogP contribution in [0.25, 0.3) is 0 Å². The first kappa shape index (κ1) is 14.1. The van der Waals surface area contributed by atoms with Gasteiger partial charge in [-0.15, -0.1) is 0 Å². The van der Waals surface area contributed by atoms with Crippen molar-refractivity contribution < 1.29 is 19.1 Å². The minimum absolute atomic E-state index is 0.494. The number of allylic oxidation sites excluding steroid dienone is 2. The number of hydrogen-bond acceptors (Lipinski definition) is 6. The lowest BCUT2D eigenvalue weighted by molar-refractivity contribution is -0.166. The number of methoxy groups -OCH3 is 2. The molecule has 0 N–H and O–H groups in total. The first-order chi connectivity index (χ1) is 9.60. The molecule has 0 spiro atoms. The maximum atomic E-state index is 12.0. The average molecular weight is 274 g/mol. The highest BCUT2D eigenvalue weighted by Gasteiger charge is 2.58. The van der Waals surface area contributed by atoms with Crippen LogP contribution in [0.5, 0.6) is 0 Å². The lowest BCUT2D eigenvalue weighted by atomic mass is 9.53. The molecular weight excluding hydrogens is 260 g/mol. The van der Waals surface area contributed by atoms with Crippen molar-refractivity contribution in [3.05, 3.63) is 12.2 Å². The molecule has 6 nitrogen and oxygen atoms in total. The predicted molar refractivity (Wildman–Crippen MR) is 65.3 cm³/mol. The molecule has 0 heterocycles. The molecular formula is C14H14N2O4. The van der Waals surface area contributed by atoms with Gasteiger partial charge in [0.2, 0.25) is 0 Å². The van der Waals surface area contributed by atoms with Crippen LogP contribution in [0.1, 0.15) is 0 Å². The van der Waals surface area contributed by atoms with E-state index in [1.807, 2.05) is 0 Å². The van der Waals surface area contributed by atoms with Gasteiger partial charge < -0.3 is 9.47 Å². The van der Waals surface area contributed by atoms with Crippen molar-refractivity contribution in [2.75, 3.05) is 14.2 Å². The molecule has 0 aromatic heterocycles. The average Bonchev–Trinajstić information content (AvgIpc) is 2.51. The van der Waals surface area contributed by atoms with Gasteiger partial charge >= 0.3 is 11.9 Å². The molecule has 3 aliphatic rings. The van der Waals surface area contributed by atoms with Gasteiger partial charge in [0.05, 0.1) is 50.0 Å². The van der Waals surface area contributed by atoms with Crippen LogP contribution in [0, 0.1) is 58.2 Å². The predicted octanol–water partition coefficient (Wildman–Crippen LogP) is 0.660. The summed E-state index contributed by atoms with van der Waals surface area (Å²) in [4.78, 5) is 24.0. The topological polar surface area (TPSA) is 100 Å². The van der Waals surface area contributed by atoms with E-state index in [1.54, 1.807) is 12.2 Å². The van der Waals surface area contributed by atoms with Gasteiger partial charge in [-0.2, -0.15) is 10.5 Å². The summed E-state index contributed by atoms with van der Waals surface area (Å²) in [5.41, 5.74) is 0. The zero-order valence-electron chi connectivity index (χ0n) is 11.1. The van der Waals surface area contributed by atoms with Crippen LogP contribution in [0.15, 0.2) is 12.2 Å². The summed E-state index contributed by atoms with van der Waals surface area (Å²) in [6.07, 6.45) is 3.49. The molecule has 104 valence electrons. The number of carbonyl (C=O) groups is 2. The fourth-order valence-corrected chi connectivity index (χ4v) is 3.35. The highest BCUT2D eigenvalue weighted by atomic mass is 16.5. The van der Waals surface area contributed by atoms with Crippen molar-refractivity contribution in [2.45, 2.75) is 0 Å². The van der Waals surface area contributed by atoms with Crippen LogP contribution in [0.3, 0.4) is 0 Å². The number of ether oxygens (including phenoxy) is 2. The SMILES string of the molecule is COC(=O)[C@@H]1[C@H]2C=C[C@H]([C@H](C#N)[C@@H]2C#N)[C@@H]1C(=O)OC. The van der Waals surface area contributed by atoms with Crippen molar-refractivity contribution in [3.63, 3.8) is 0 Å². The number of rotatable bonds is 2. The third-order valence-electron chi connectivity index (χ3n) is 4.23. The quantitative estimate of drug-likeness (QED) is 0.541. The molecule has 3 rings (SSSR count). The Morgan fingerprint density at radius 3 is 1.50 bits per heavy atom. The lowest BCUT2D eigenvalue weighted by Crippen LogP contribution is -2.53. The van der Waals surface area contributed by atoms with Crippen molar-refractivity contribution in [1.29, 1.82) is 10.5 Å². The van der Waals surface area contributed by atoms with Crippen LogP contribution in [0.2, 0.25) is 0 Å². The summed E-state index contributed by atoms with van der Waals surface area (Å²) in [5, 5.41) is 18.5. The van der Waals surface area contributed by atoms with E-state index in [9.17, 15) is 20.1 Å². The Morgan fingerprint density at radius 2 is 1.25 bits per heavy atom. The largest absolute Gasteiger partial charge is 0.469 e. The van der Waals surface area contributed by atoms with Crippen LogP contribution in [-0.4, -0.2) is 26.2 Å². The molecule has 6 atom stereocenters. The molecule has 0 aromatic rings. The number of fused-ring (bicyclic) bond motifs is 2. The van der Waals surface area contributed by atoms with E-state index in [-0.39, 0.29) is 0 Å². The van der Waals surface area contributed by atoms with E-state index in [0.29, 0.717) is 0 Å². The van der Waals surface area contributed by atoms with Gasteiger partial charge in [0.25, 0.3) is 0 Å². The smallest absolute Gasteiger partial charge is 0.310 e. The Balaban J connectivity index is 2.49. The Hall–Kier alpha value is -2.34. The van der Waals surface area contributed by atoms with Gasteiger partial charge in [0, 0.05) is 11.8 Å². The molecule has 20 heavy (non-hydrogen) atoms. The molecule has 0 aromatic carbocycles. The summed E-state index contributed by atoms with van der Waals surface area (Å²) in [5.74, 6) is -4.83. The summed E-state index contributed by atoms with van der Waals surface area (Å²) >= 11 is 0. The molecule has 0 radical (unpaired) electrons. The molecule has 0 saturated heterocycles. The van der Waals surface area contributed by atoms with Gasteiger partial charge in [-0.1, -0.05) is 12.2 Å². The maximum absolute atomic E-state index is 12.0. The normalized spacial score (nSPS) is 37.6. The molecule has 0 amide bonds. The molecule has 1 saturated carbocycles. The maximum Gasteiger partial charge on any atom is 0.310 e. The minimum Gasteiger partial charge on any atom is -0.469 e.